The van der Waals surface area contributed by atoms with E-state index in [9.17, 15) is 4.57 Å². The van der Waals surface area contributed by atoms with Gasteiger partial charge in [0.15, 0.2) is 7.14 Å². The molecule has 3 aromatic rings. The molecule has 0 spiro atoms. The van der Waals surface area contributed by atoms with Crippen LogP contribution in [0, 0.1) is 0 Å². The molecule has 4 N–H and O–H groups in total. The van der Waals surface area contributed by atoms with Crippen molar-refractivity contribution in [3.05, 3.63) is 91.0 Å². The maximum atomic E-state index is 13.8. The molecule has 0 heterocycles. The molecule has 0 radical (unpaired) electrons. The van der Waals surface area contributed by atoms with Gasteiger partial charge < -0.3 is 16.0 Å². The van der Waals surface area contributed by atoms with Gasteiger partial charge in [0.1, 0.15) is 0 Å². The lowest BCUT2D eigenvalue weighted by molar-refractivity contribution is 0.309. The molecule has 4 heteroatoms. The first-order chi connectivity index (χ1) is 13.1. The number of hydrogen-bond acceptors (Lipinski definition) is 3. The molecule has 3 nitrogen and oxygen atoms in total. The first-order valence-electron chi connectivity index (χ1n) is 9.41. The summed E-state index contributed by atoms with van der Waals surface area (Å²) in [4.78, 5) is 0. The molecule has 0 saturated heterocycles. The van der Waals surface area contributed by atoms with Crippen molar-refractivity contribution in [3.63, 3.8) is 0 Å². The zero-order valence-electron chi connectivity index (χ0n) is 17.2. The Labute approximate surface area is 169 Å². The van der Waals surface area contributed by atoms with Crippen LogP contribution < -0.4 is 27.4 Å². The van der Waals surface area contributed by atoms with E-state index in [0.717, 1.165) is 15.9 Å². The first kappa shape index (κ1) is 22.1. The maximum Gasteiger partial charge on any atom is 0.171 e. The first-order valence-corrected chi connectivity index (χ1v) is 11.1. The molecule has 0 bridgehead atoms. The Balaban J connectivity index is 0.000000300. The van der Waals surface area contributed by atoms with Crippen LogP contribution in [0.15, 0.2) is 91.0 Å². The molecule has 0 aliphatic rings. The molecule has 0 fully saturated rings. The molecule has 3 rings (SSSR count). The summed E-state index contributed by atoms with van der Waals surface area (Å²) in [7, 11) is -2.78. The van der Waals surface area contributed by atoms with Crippen molar-refractivity contribution in [1.82, 2.24) is 0 Å². The lowest BCUT2D eigenvalue weighted by Gasteiger charge is -2.34. The average molecular weight is 394 g/mol. The molecular formula is C24H31N2OP. The minimum atomic E-state index is -2.78. The van der Waals surface area contributed by atoms with Gasteiger partial charge in [-0.25, -0.2) is 0 Å². The molecule has 28 heavy (non-hydrogen) atoms. The maximum absolute atomic E-state index is 13.8. The van der Waals surface area contributed by atoms with E-state index in [1.165, 1.54) is 0 Å². The minimum absolute atomic E-state index is 0.285. The zero-order valence-corrected chi connectivity index (χ0v) is 18.1. The van der Waals surface area contributed by atoms with Gasteiger partial charge in [0.25, 0.3) is 0 Å². The Kier molecular flexibility index (Phi) is 7.01. The molecule has 148 valence electrons. The van der Waals surface area contributed by atoms with Gasteiger partial charge in [-0.1, -0.05) is 91.0 Å². The Hall–Kier alpha value is -2.19. The van der Waals surface area contributed by atoms with Crippen molar-refractivity contribution in [2.24, 2.45) is 11.5 Å². The van der Waals surface area contributed by atoms with Gasteiger partial charge in [0.2, 0.25) is 0 Å². The lowest BCUT2D eigenvalue weighted by atomic mass is 9.85. The summed E-state index contributed by atoms with van der Waals surface area (Å²) in [5.41, 5.74) is 10.8. The van der Waals surface area contributed by atoms with E-state index in [1.807, 2.05) is 119 Å². The normalized spacial score (nSPS) is 12.1. The van der Waals surface area contributed by atoms with Crippen molar-refractivity contribution in [3.8, 4) is 0 Å². The fraction of sp³-hybridized carbons (Fsp3) is 0.250. The second-order valence-electron chi connectivity index (χ2n) is 8.06. The van der Waals surface area contributed by atoms with Crippen LogP contribution in [0.25, 0.3) is 0 Å². The third kappa shape index (κ3) is 5.20. The zero-order chi connectivity index (χ0) is 20.8. The monoisotopic (exact) mass is 394 g/mol. The fourth-order valence-electron chi connectivity index (χ4n) is 2.36. The Bertz CT molecular complexity index is 781. The van der Waals surface area contributed by atoms with Crippen molar-refractivity contribution < 1.29 is 4.57 Å². The van der Waals surface area contributed by atoms with Crippen LogP contribution in [-0.4, -0.2) is 11.1 Å². The molecule has 3 aromatic carbocycles. The quantitative estimate of drug-likeness (QED) is 0.662. The van der Waals surface area contributed by atoms with Gasteiger partial charge in [0.05, 0.1) is 0 Å². The van der Waals surface area contributed by atoms with Crippen molar-refractivity contribution >= 4 is 23.1 Å². The van der Waals surface area contributed by atoms with E-state index in [1.54, 1.807) is 0 Å². The highest BCUT2D eigenvalue weighted by Gasteiger charge is 2.29. The van der Waals surface area contributed by atoms with Crippen LogP contribution in [0.1, 0.15) is 27.7 Å². The van der Waals surface area contributed by atoms with Crippen LogP contribution in [0.3, 0.4) is 0 Å². The van der Waals surface area contributed by atoms with Gasteiger partial charge in [-0.15, -0.1) is 0 Å². The number of nitrogens with two attached hydrogens (primary N) is 2. The van der Waals surface area contributed by atoms with Crippen LogP contribution >= 0.6 is 7.14 Å². The number of hydrogen-bond donors (Lipinski definition) is 2. The summed E-state index contributed by atoms with van der Waals surface area (Å²) < 4.78 is 13.8. The van der Waals surface area contributed by atoms with Gasteiger partial charge in [0, 0.05) is 27.0 Å². The van der Waals surface area contributed by atoms with E-state index >= 15 is 0 Å². The minimum Gasteiger partial charge on any atom is -0.324 e. The summed E-state index contributed by atoms with van der Waals surface area (Å²) in [6, 6.07) is 29.1. The highest BCUT2D eigenvalue weighted by Crippen LogP contribution is 2.41. The van der Waals surface area contributed by atoms with Gasteiger partial charge >= 0.3 is 0 Å². The average Bonchev–Trinajstić information content (AvgIpc) is 2.68. The van der Waals surface area contributed by atoms with Crippen molar-refractivity contribution in [1.29, 1.82) is 0 Å². The van der Waals surface area contributed by atoms with Crippen molar-refractivity contribution in [2.45, 2.75) is 38.8 Å². The summed E-state index contributed by atoms with van der Waals surface area (Å²) in [6.45, 7) is 7.69. The van der Waals surface area contributed by atoms with Gasteiger partial charge in [-0.05, 0) is 27.7 Å². The van der Waals surface area contributed by atoms with E-state index < -0.39 is 7.14 Å². The van der Waals surface area contributed by atoms with Crippen LogP contribution in [0.4, 0.5) is 0 Å². The van der Waals surface area contributed by atoms with Crippen LogP contribution in [-0.2, 0) is 4.57 Å². The third-order valence-electron chi connectivity index (χ3n) is 5.02. The van der Waals surface area contributed by atoms with Crippen LogP contribution in [0.5, 0.6) is 0 Å². The predicted octanol–water partition coefficient (Wildman–Crippen LogP) is 3.79. The third-order valence-corrected chi connectivity index (χ3v) is 8.10. The summed E-state index contributed by atoms with van der Waals surface area (Å²) in [5.74, 6) is 0. The Morgan fingerprint density at radius 3 is 0.929 bits per heavy atom. The molecule has 0 atom stereocenters. The second kappa shape index (κ2) is 8.87. The number of rotatable bonds is 4. The van der Waals surface area contributed by atoms with E-state index in [4.69, 9.17) is 11.5 Å². The van der Waals surface area contributed by atoms with E-state index in [-0.39, 0.29) is 11.1 Å². The van der Waals surface area contributed by atoms with E-state index in [0.29, 0.717) is 0 Å². The Morgan fingerprint density at radius 1 is 0.536 bits per heavy atom. The summed E-state index contributed by atoms with van der Waals surface area (Å²) >= 11 is 0. The molecule has 0 aliphatic heterocycles. The molecule has 0 amide bonds. The Morgan fingerprint density at radius 2 is 0.750 bits per heavy atom. The van der Waals surface area contributed by atoms with Gasteiger partial charge in [-0.2, -0.15) is 0 Å². The van der Waals surface area contributed by atoms with E-state index in [2.05, 4.69) is 0 Å². The van der Waals surface area contributed by atoms with Crippen molar-refractivity contribution in [2.75, 3.05) is 0 Å². The lowest BCUT2D eigenvalue weighted by Crippen LogP contribution is -2.58. The van der Waals surface area contributed by atoms with Gasteiger partial charge in [-0.3, -0.25) is 0 Å². The number of benzene rings is 3. The highest BCUT2D eigenvalue weighted by molar-refractivity contribution is 7.85. The largest absolute Gasteiger partial charge is 0.324 e. The predicted molar refractivity (Wildman–Crippen MR) is 122 cm³/mol. The molecule has 0 saturated carbocycles. The molecule has 0 aliphatic carbocycles. The second-order valence-corrected chi connectivity index (χ2v) is 10.8. The molecule has 0 aromatic heterocycles. The topological polar surface area (TPSA) is 69.1 Å². The summed E-state index contributed by atoms with van der Waals surface area (Å²) in [5, 5.41) is 2.62. The smallest absolute Gasteiger partial charge is 0.171 e. The fourth-order valence-corrected chi connectivity index (χ4v) is 5.03. The highest BCUT2D eigenvalue weighted by atomic mass is 31.2. The summed E-state index contributed by atoms with van der Waals surface area (Å²) in [6.07, 6.45) is 0. The standard InChI is InChI=1S/C18H15OP.C6H16N2/c19-20(16-10-4-1-5-11-16,17-12-6-2-7-13-17)18-14-8-3-9-15-18;1-5(2,7)6(3,4)8/h1-15H;7-8H2,1-4H3. The molecular weight excluding hydrogens is 363 g/mol. The SMILES string of the molecule is CC(C)(N)C(C)(C)N.O=P(c1ccccc1)(c1ccccc1)c1ccccc1. The van der Waals surface area contributed by atoms with Crippen LogP contribution in [0.2, 0.25) is 0 Å². The molecule has 0 unspecified atom stereocenters.